The molecular formula is C24H27N2O6PS. The van der Waals surface area contributed by atoms with Gasteiger partial charge in [0.1, 0.15) is 5.75 Å². The molecule has 8 nitrogen and oxygen atoms in total. The first-order valence-corrected chi connectivity index (χ1v) is 13.8. The predicted molar refractivity (Wildman–Crippen MR) is 138 cm³/mol. The first kappa shape index (κ1) is 25.7. The van der Waals surface area contributed by atoms with Crippen LogP contribution < -0.4 is 9.42 Å². The van der Waals surface area contributed by atoms with E-state index in [0.717, 1.165) is 16.5 Å². The quantitative estimate of drug-likeness (QED) is 0.0972. The highest BCUT2D eigenvalue weighted by Gasteiger charge is 2.19. The van der Waals surface area contributed by atoms with Gasteiger partial charge < -0.3 is 9.42 Å². The highest BCUT2D eigenvalue weighted by molar-refractivity contribution is 7.99. The maximum Gasteiger partial charge on any atom is 0.376 e. The zero-order valence-electron chi connectivity index (χ0n) is 19.3. The molecule has 180 valence electrons. The molecule has 0 aromatic heterocycles. The van der Waals surface area contributed by atoms with Gasteiger partial charge in [0.15, 0.2) is 5.78 Å². The van der Waals surface area contributed by atoms with E-state index in [0.29, 0.717) is 23.5 Å². The Kier molecular flexibility index (Phi) is 8.72. The molecule has 0 saturated carbocycles. The second-order valence-corrected chi connectivity index (χ2v) is 11.1. The lowest BCUT2D eigenvalue weighted by molar-refractivity contribution is -0.384. The molecule has 0 saturated heterocycles. The van der Waals surface area contributed by atoms with Crippen LogP contribution in [-0.2, 0) is 9.09 Å². The Morgan fingerprint density at radius 2 is 1.71 bits per heavy atom. The maximum atomic E-state index is 12.6. The van der Waals surface area contributed by atoms with Crippen LogP contribution in [-0.4, -0.2) is 49.6 Å². The number of fused-ring (bicyclic) bond motifs is 1. The normalized spacial score (nSPS) is 12.8. The number of rotatable bonds is 12. The van der Waals surface area contributed by atoms with Crippen LogP contribution in [0.5, 0.6) is 5.75 Å². The minimum atomic E-state index is -3.36. The van der Waals surface area contributed by atoms with Gasteiger partial charge in [-0.15, -0.1) is 0 Å². The molecule has 0 spiro atoms. The van der Waals surface area contributed by atoms with Crippen molar-refractivity contribution in [2.75, 3.05) is 43.8 Å². The lowest BCUT2D eigenvalue weighted by Crippen LogP contribution is -2.08. The monoisotopic (exact) mass is 502 g/mol. The van der Waals surface area contributed by atoms with E-state index in [-0.39, 0.29) is 23.8 Å². The Hall–Kier alpha value is -2.87. The van der Waals surface area contributed by atoms with Crippen molar-refractivity contribution < 1.29 is 23.3 Å². The summed E-state index contributed by atoms with van der Waals surface area (Å²) in [6.45, 7) is 1.55. The van der Waals surface area contributed by atoms with Gasteiger partial charge in [-0.1, -0.05) is 18.2 Å². The van der Waals surface area contributed by atoms with Gasteiger partial charge in [0, 0.05) is 62.1 Å². The number of carbonyl (C=O) groups excluding carboxylic acids is 1. The molecule has 0 aliphatic carbocycles. The number of ketones is 1. The topological polar surface area (TPSA) is 99.0 Å². The fraction of sp³-hybridized carbons (Fsp3) is 0.292. The van der Waals surface area contributed by atoms with Crippen molar-refractivity contribution in [2.45, 2.75) is 6.42 Å². The summed E-state index contributed by atoms with van der Waals surface area (Å²) in [5.74, 6) is 1.49. The van der Waals surface area contributed by atoms with Crippen molar-refractivity contribution in [2.24, 2.45) is 0 Å². The summed E-state index contributed by atoms with van der Waals surface area (Å²) in [5, 5.41) is 12.8. The van der Waals surface area contributed by atoms with E-state index in [9.17, 15) is 19.5 Å². The predicted octanol–water partition coefficient (Wildman–Crippen LogP) is 6.04. The van der Waals surface area contributed by atoms with E-state index < -0.39 is 12.5 Å². The van der Waals surface area contributed by atoms with Gasteiger partial charge in [-0.2, -0.15) is 11.8 Å². The summed E-state index contributed by atoms with van der Waals surface area (Å²) in [6.07, 6.45) is 0.398. The first-order chi connectivity index (χ1) is 16.1. The van der Waals surface area contributed by atoms with Crippen LogP contribution in [0.25, 0.3) is 10.8 Å². The number of hydrogen-bond acceptors (Lipinski definition) is 8. The molecule has 34 heavy (non-hydrogen) atoms. The molecular weight excluding hydrogens is 475 g/mol. The lowest BCUT2D eigenvalue weighted by atomic mass is 10.0. The molecule has 0 fully saturated rings. The molecule has 0 aliphatic rings. The van der Waals surface area contributed by atoms with E-state index in [4.69, 9.17) is 9.05 Å². The molecule has 0 radical (unpaired) electrons. The first-order valence-electron chi connectivity index (χ1n) is 10.6. The molecule has 0 N–H and O–H groups in total. The number of nitrogens with zero attached hydrogens (tertiary/aromatic N) is 2. The smallest absolute Gasteiger partial charge is 0.376 e. The van der Waals surface area contributed by atoms with Crippen LogP contribution >= 0.6 is 19.4 Å². The third kappa shape index (κ3) is 7.32. The fourth-order valence-electron chi connectivity index (χ4n) is 3.20. The third-order valence-corrected chi connectivity index (χ3v) is 7.15. The Morgan fingerprint density at radius 3 is 2.38 bits per heavy atom. The summed E-state index contributed by atoms with van der Waals surface area (Å²) in [7, 11) is 0.631. The van der Waals surface area contributed by atoms with Crippen molar-refractivity contribution in [1.82, 2.24) is 0 Å². The van der Waals surface area contributed by atoms with Crippen LogP contribution in [0.1, 0.15) is 16.8 Å². The molecule has 0 aliphatic heterocycles. The zero-order valence-corrected chi connectivity index (χ0v) is 21.0. The van der Waals surface area contributed by atoms with Gasteiger partial charge in [-0.25, -0.2) is 4.57 Å². The van der Waals surface area contributed by atoms with E-state index in [1.54, 1.807) is 0 Å². The summed E-state index contributed by atoms with van der Waals surface area (Å²) in [6, 6.07) is 17.2. The summed E-state index contributed by atoms with van der Waals surface area (Å²) in [4.78, 5) is 24.8. The van der Waals surface area contributed by atoms with Gasteiger partial charge in [0.05, 0.1) is 11.5 Å². The number of non-ortho nitro benzene ring substituents is 1. The van der Waals surface area contributed by atoms with E-state index in [1.165, 1.54) is 42.7 Å². The number of nitro benzene ring substituents is 1. The molecule has 3 aromatic carbocycles. The van der Waals surface area contributed by atoms with Crippen LogP contribution in [0, 0.1) is 10.1 Å². The maximum absolute atomic E-state index is 12.6. The minimum absolute atomic E-state index is 0.0766. The van der Waals surface area contributed by atoms with Crippen molar-refractivity contribution >= 4 is 47.3 Å². The number of hydrogen-bond donors (Lipinski definition) is 0. The highest BCUT2D eigenvalue weighted by Crippen LogP contribution is 2.44. The standard InChI is InChI=1S/C24H27N2O6PS/c1-25(2)22-7-6-18-16-20(5-4-19(18)17-22)24(27)12-14-34-15-13-31-33(3,30)32-23-10-8-21(9-11-23)26(28)29/h4-11,16-17H,12-15H2,1-3H3. The molecule has 0 amide bonds. The number of Topliss-reactive ketones (excluding diaryl/α,β-unsaturated/α-hetero) is 1. The van der Waals surface area contributed by atoms with Gasteiger partial charge in [-0.05, 0) is 41.1 Å². The van der Waals surface area contributed by atoms with E-state index >= 15 is 0 Å². The highest BCUT2D eigenvalue weighted by atomic mass is 32.2. The van der Waals surface area contributed by atoms with Crippen LogP contribution in [0.4, 0.5) is 11.4 Å². The Balaban J connectivity index is 1.40. The number of benzene rings is 3. The fourth-order valence-corrected chi connectivity index (χ4v) is 5.04. The SMILES string of the molecule is CN(C)c1ccc2cc(C(=O)CCSCCOP(C)(=O)Oc3ccc([N+](=O)[O-])cc3)ccc2c1. The van der Waals surface area contributed by atoms with Gasteiger partial charge >= 0.3 is 7.60 Å². The van der Waals surface area contributed by atoms with Gasteiger partial charge in [0.25, 0.3) is 5.69 Å². The zero-order chi connectivity index (χ0) is 24.7. The van der Waals surface area contributed by atoms with Crippen LogP contribution in [0.2, 0.25) is 0 Å². The number of thioether (sulfide) groups is 1. The molecule has 3 aromatic rings. The van der Waals surface area contributed by atoms with Crippen LogP contribution in [0.3, 0.4) is 0 Å². The van der Waals surface area contributed by atoms with Gasteiger partial charge in [0.2, 0.25) is 0 Å². The average molecular weight is 503 g/mol. The number of nitro groups is 1. The largest absolute Gasteiger partial charge is 0.425 e. The Bertz CT molecular complexity index is 1220. The molecule has 1 unspecified atom stereocenters. The molecule has 10 heteroatoms. The minimum Gasteiger partial charge on any atom is -0.425 e. The third-order valence-electron chi connectivity index (χ3n) is 5.01. The van der Waals surface area contributed by atoms with Crippen LogP contribution in [0.15, 0.2) is 60.7 Å². The molecule has 0 bridgehead atoms. The summed E-state index contributed by atoms with van der Waals surface area (Å²) >= 11 is 1.53. The molecule has 0 heterocycles. The Labute approximate surface area is 202 Å². The van der Waals surface area contributed by atoms with Crippen molar-refractivity contribution in [3.8, 4) is 5.75 Å². The average Bonchev–Trinajstić information content (AvgIpc) is 2.80. The second kappa shape index (κ2) is 11.5. The summed E-state index contributed by atoms with van der Waals surface area (Å²) in [5.41, 5.74) is 1.73. The van der Waals surface area contributed by atoms with E-state index in [2.05, 4.69) is 6.07 Å². The van der Waals surface area contributed by atoms with Crippen molar-refractivity contribution in [1.29, 1.82) is 0 Å². The molecule has 1 atom stereocenters. The molecule has 3 rings (SSSR count). The van der Waals surface area contributed by atoms with Crippen molar-refractivity contribution in [3.05, 3.63) is 76.3 Å². The summed E-state index contributed by atoms with van der Waals surface area (Å²) < 4.78 is 23.2. The Morgan fingerprint density at radius 1 is 1.03 bits per heavy atom. The van der Waals surface area contributed by atoms with Crippen molar-refractivity contribution in [3.63, 3.8) is 0 Å². The van der Waals surface area contributed by atoms with E-state index in [1.807, 2.05) is 49.3 Å². The number of anilines is 1. The number of carbonyl (C=O) groups is 1. The second-order valence-electron chi connectivity index (χ2n) is 7.87. The lowest BCUT2D eigenvalue weighted by Gasteiger charge is -2.15. The van der Waals surface area contributed by atoms with Gasteiger partial charge in [-0.3, -0.25) is 19.4 Å².